The first-order valence-corrected chi connectivity index (χ1v) is 10.8. The predicted octanol–water partition coefficient (Wildman–Crippen LogP) is 4.28. The standard InChI is InChI=1S/C21H23ClN4O4S/c1-4-26-19(12-30-16-7-5-14(22)6-8-16)24-25-21(26)31-13-20(27)23-15-9-17(28-2)11-18(10-15)29-3/h5-11H,4,12-13H2,1-3H3,(H,23,27). The van der Waals surface area contributed by atoms with E-state index in [9.17, 15) is 4.79 Å². The molecule has 0 bridgehead atoms. The van der Waals surface area contributed by atoms with Gasteiger partial charge in [-0.05, 0) is 31.2 Å². The van der Waals surface area contributed by atoms with Crippen molar-refractivity contribution in [3.05, 3.63) is 53.3 Å². The second-order valence-electron chi connectivity index (χ2n) is 6.32. The van der Waals surface area contributed by atoms with Crippen molar-refractivity contribution in [1.29, 1.82) is 0 Å². The maximum absolute atomic E-state index is 12.4. The van der Waals surface area contributed by atoms with Crippen molar-refractivity contribution < 1.29 is 19.0 Å². The highest BCUT2D eigenvalue weighted by molar-refractivity contribution is 7.99. The molecule has 31 heavy (non-hydrogen) atoms. The van der Waals surface area contributed by atoms with E-state index in [0.29, 0.717) is 45.5 Å². The van der Waals surface area contributed by atoms with Gasteiger partial charge in [-0.3, -0.25) is 4.79 Å². The van der Waals surface area contributed by atoms with Crippen molar-refractivity contribution in [2.75, 3.05) is 25.3 Å². The molecule has 3 rings (SSSR count). The molecule has 1 amide bonds. The highest BCUT2D eigenvalue weighted by Gasteiger charge is 2.14. The van der Waals surface area contributed by atoms with Crippen molar-refractivity contribution in [1.82, 2.24) is 14.8 Å². The maximum atomic E-state index is 12.4. The van der Waals surface area contributed by atoms with E-state index in [2.05, 4.69) is 15.5 Å². The monoisotopic (exact) mass is 462 g/mol. The van der Waals surface area contributed by atoms with Crippen molar-refractivity contribution >= 4 is 35.0 Å². The number of nitrogens with zero attached hydrogens (tertiary/aromatic N) is 3. The summed E-state index contributed by atoms with van der Waals surface area (Å²) in [5.41, 5.74) is 0.593. The van der Waals surface area contributed by atoms with E-state index in [1.54, 1.807) is 56.7 Å². The normalized spacial score (nSPS) is 10.6. The lowest BCUT2D eigenvalue weighted by Gasteiger charge is -2.10. The number of hydrogen-bond donors (Lipinski definition) is 1. The van der Waals surface area contributed by atoms with Crippen LogP contribution in [0.2, 0.25) is 5.02 Å². The average Bonchev–Trinajstić information content (AvgIpc) is 3.18. The molecule has 1 aromatic heterocycles. The first-order valence-electron chi connectivity index (χ1n) is 9.48. The molecule has 0 unspecified atom stereocenters. The minimum atomic E-state index is -0.176. The lowest BCUT2D eigenvalue weighted by atomic mass is 10.2. The topological polar surface area (TPSA) is 87.5 Å². The molecule has 0 atom stereocenters. The Morgan fingerprint density at radius 2 is 1.74 bits per heavy atom. The quantitative estimate of drug-likeness (QED) is 0.450. The molecule has 0 aliphatic heterocycles. The van der Waals surface area contributed by atoms with Gasteiger partial charge in [0.05, 0.1) is 20.0 Å². The molecule has 8 nitrogen and oxygen atoms in total. The van der Waals surface area contributed by atoms with Crippen LogP contribution < -0.4 is 19.5 Å². The molecule has 0 saturated heterocycles. The molecular formula is C21H23ClN4O4S. The summed E-state index contributed by atoms with van der Waals surface area (Å²) < 4.78 is 18.1. The third-order valence-corrected chi connectivity index (χ3v) is 5.48. The summed E-state index contributed by atoms with van der Waals surface area (Å²) >= 11 is 7.20. The van der Waals surface area contributed by atoms with Crippen LogP contribution in [0.4, 0.5) is 5.69 Å². The number of aromatic nitrogens is 3. The average molecular weight is 463 g/mol. The van der Waals surface area contributed by atoms with E-state index < -0.39 is 0 Å². The van der Waals surface area contributed by atoms with Crippen molar-refractivity contribution in [3.8, 4) is 17.2 Å². The van der Waals surface area contributed by atoms with Gasteiger partial charge < -0.3 is 24.1 Å². The summed E-state index contributed by atoms with van der Waals surface area (Å²) in [4.78, 5) is 12.4. The molecule has 1 N–H and O–H groups in total. The van der Waals surface area contributed by atoms with E-state index in [-0.39, 0.29) is 18.3 Å². The number of halogens is 1. The number of thioether (sulfide) groups is 1. The zero-order valence-corrected chi connectivity index (χ0v) is 19.0. The molecule has 3 aromatic rings. The van der Waals surface area contributed by atoms with Gasteiger partial charge in [0, 0.05) is 35.5 Å². The summed E-state index contributed by atoms with van der Waals surface area (Å²) in [6, 6.07) is 12.3. The number of nitrogens with one attached hydrogen (secondary N) is 1. The minimum absolute atomic E-state index is 0.176. The fourth-order valence-electron chi connectivity index (χ4n) is 2.74. The molecule has 0 fully saturated rings. The molecule has 0 spiro atoms. The number of carbonyl (C=O) groups is 1. The summed E-state index contributed by atoms with van der Waals surface area (Å²) in [5, 5.41) is 12.5. The van der Waals surface area contributed by atoms with Crippen LogP contribution in [-0.2, 0) is 17.9 Å². The van der Waals surface area contributed by atoms with Crippen LogP contribution in [0.3, 0.4) is 0 Å². The number of methoxy groups -OCH3 is 2. The third-order valence-electron chi connectivity index (χ3n) is 4.26. The Bertz CT molecular complexity index is 1000. The number of hydrogen-bond acceptors (Lipinski definition) is 7. The zero-order chi connectivity index (χ0) is 22.2. The van der Waals surface area contributed by atoms with Gasteiger partial charge in [-0.25, -0.2) is 0 Å². The second-order valence-corrected chi connectivity index (χ2v) is 7.70. The van der Waals surface area contributed by atoms with Crippen molar-refractivity contribution in [3.63, 3.8) is 0 Å². The molecule has 0 aliphatic carbocycles. The molecule has 0 radical (unpaired) electrons. The van der Waals surface area contributed by atoms with Gasteiger partial charge in [-0.15, -0.1) is 10.2 Å². The Morgan fingerprint density at radius 1 is 1.06 bits per heavy atom. The first kappa shape index (κ1) is 22.8. The van der Waals surface area contributed by atoms with Crippen LogP contribution in [0.5, 0.6) is 17.2 Å². The molecule has 0 aliphatic rings. The van der Waals surface area contributed by atoms with Crippen LogP contribution in [-0.4, -0.2) is 40.6 Å². The number of amides is 1. The van der Waals surface area contributed by atoms with Crippen LogP contribution in [0, 0.1) is 0 Å². The lowest BCUT2D eigenvalue weighted by molar-refractivity contribution is -0.113. The Balaban J connectivity index is 1.58. The number of carbonyl (C=O) groups excluding carboxylic acids is 1. The first-order chi connectivity index (χ1) is 15.0. The zero-order valence-electron chi connectivity index (χ0n) is 17.4. The van der Waals surface area contributed by atoms with E-state index in [1.165, 1.54) is 11.8 Å². The summed E-state index contributed by atoms with van der Waals surface area (Å²) in [7, 11) is 3.12. The van der Waals surface area contributed by atoms with E-state index in [0.717, 1.165) is 0 Å². The SMILES string of the molecule is CCn1c(COc2ccc(Cl)cc2)nnc1SCC(=O)Nc1cc(OC)cc(OC)c1. The van der Waals surface area contributed by atoms with E-state index in [1.807, 2.05) is 11.5 Å². The third kappa shape index (κ3) is 6.28. The number of anilines is 1. The van der Waals surface area contributed by atoms with Crippen LogP contribution in [0.15, 0.2) is 47.6 Å². The van der Waals surface area contributed by atoms with Crippen LogP contribution >= 0.6 is 23.4 Å². The molecule has 0 saturated carbocycles. The minimum Gasteiger partial charge on any atom is -0.497 e. The van der Waals surface area contributed by atoms with Gasteiger partial charge in [0.25, 0.3) is 0 Å². The number of ether oxygens (including phenoxy) is 3. The number of benzene rings is 2. The second kappa shape index (κ2) is 10.9. The van der Waals surface area contributed by atoms with Gasteiger partial charge in [-0.1, -0.05) is 23.4 Å². The molecule has 2 aromatic carbocycles. The largest absolute Gasteiger partial charge is 0.497 e. The van der Waals surface area contributed by atoms with Crippen LogP contribution in [0.25, 0.3) is 0 Å². The molecular weight excluding hydrogens is 440 g/mol. The number of rotatable bonds is 10. The van der Waals surface area contributed by atoms with E-state index in [4.69, 9.17) is 25.8 Å². The van der Waals surface area contributed by atoms with Gasteiger partial charge in [0.2, 0.25) is 5.91 Å². The Hall–Kier alpha value is -2.91. The van der Waals surface area contributed by atoms with Gasteiger partial charge in [-0.2, -0.15) is 0 Å². The molecule has 1 heterocycles. The molecule has 10 heteroatoms. The van der Waals surface area contributed by atoms with Gasteiger partial charge in [0.15, 0.2) is 11.0 Å². The fraction of sp³-hybridized carbons (Fsp3) is 0.286. The smallest absolute Gasteiger partial charge is 0.234 e. The van der Waals surface area contributed by atoms with Crippen molar-refractivity contribution in [2.24, 2.45) is 0 Å². The van der Waals surface area contributed by atoms with Gasteiger partial charge >= 0.3 is 0 Å². The summed E-state index contributed by atoms with van der Waals surface area (Å²) in [5.74, 6) is 2.56. The Morgan fingerprint density at radius 3 is 2.35 bits per heavy atom. The highest BCUT2D eigenvalue weighted by Crippen LogP contribution is 2.26. The predicted molar refractivity (Wildman–Crippen MR) is 120 cm³/mol. The van der Waals surface area contributed by atoms with Gasteiger partial charge in [0.1, 0.15) is 23.9 Å². The van der Waals surface area contributed by atoms with E-state index >= 15 is 0 Å². The highest BCUT2D eigenvalue weighted by atomic mass is 35.5. The summed E-state index contributed by atoms with van der Waals surface area (Å²) in [6.07, 6.45) is 0. The lowest BCUT2D eigenvalue weighted by Crippen LogP contribution is -2.15. The molecule has 164 valence electrons. The van der Waals surface area contributed by atoms with Crippen molar-refractivity contribution in [2.45, 2.75) is 25.2 Å². The maximum Gasteiger partial charge on any atom is 0.234 e. The fourth-order valence-corrected chi connectivity index (χ4v) is 3.68. The Labute approximate surface area is 189 Å². The van der Waals surface area contributed by atoms with Crippen LogP contribution in [0.1, 0.15) is 12.7 Å². The summed E-state index contributed by atoms with van der Waals surface area (Å²) in [6.45, 7) is 2.91. The Kier molecular flexibility index (Phi) is 8.02.